The Hall–Kier alpha value is -1.09. The zero-order valence-corrected chi connectivity index (χ0v) is 12.9. The van der Waals surface area contributed by atoms with Crippen molar-refractivity contribution < 1.29 is 4.39 Å². The van der Waals surface area contributed by atoms with Crippen LogP contribution in [-0.4, -0.2) is 6.54 Å². The van der Waals surface area contributed by atoms with Crippen molar-refractivity contribution >= 4 is 23.2 Å². The van der Waals surface area contributed by atoms with Crippen LogP contribution in [0.5, 0.6) is 0 Å². The van der Waals surface area contributed by atoms with Crippen molar-refractivity contribution in [3.63, 3.8) is 0 Å². The molecule has 1 unspecified atom stereocenters. The fourth-order valence-electron chi connectivity index (χ4n) is 2.19. The smallest absolute Gasteiger partial charge is 0.129 e. The summed E-state index contributed by atoms with van der Waals surface area (Å²) in [5, 5.41) is 4.28. The van der Waals surface area contributed by atoms with E-state index in [1.54, 1.807) is 12.1 Å². The van der Waals surface area contributed by atoms with Crippen LogP contribution in [0, 0.1) is 12.7 Å². The Kier molecular flexibility index (Phi) is 5.03. The fourth-order valence-corrected chi connectivity index (χ4v) is 2.70. The summed E-state index contributed by atoms with van der Waals surface area (Å²) >= 11 is 12.1. The van der Waals surface area contributed by atoms with Gasteiger partial charge in [0.1, 0.15) is 5.82 Å². The second-order valence-electron chi connectivity index (χ2n) is 4.68. The van der Waals surface area contributed by atoms with Crippen molar-refractivity contribution in [2.24, 2.45) is 0 Å². The summed E-state index contributed by atoms with van der Waals surface area (Å²) in [7, 11) is 0. The quantitative estimate of drug-likeness (QED) is 0.824. The van der Waals surface area contributed by atoms with E-state index in [1.807, 2.05) is 32.0 Å². The third-order valence-electron chi connectivity index (χ3n) is 3.15. The summed E-state index contributed by atoms with van der Waals surface area (Å²) in [4.78, 5) is 0. The third kappa shape index (κ3) is 3.32. The van der Waals surface area contributed by atoms with Crippen molar-refractivity contribution in [3.05, 3.63) is 69.0 Å². The summed E-state index contributed by atoms with van der Waals surface area (Å²) in [5.74, 6) is -0.333. The molecular weight excluding hydrogens is 296 g/mol. The Morgan fingerprint density at radius 3 is 2.40 bits per heavy atom. The molecule has 0 saturated carbocycles. The Balaban J connectivity index is 2.50. The van der Waals surface area contributed by atoms with Crippen LogP contribution in [0.1, 0.15) is 29.7 Å². The molecule has 0 aromatic heterocycles. The van der Waals surface area contributed by atoms with Gasteiger partial charge in [-0.25, -0.2) is 4.39 Å². The second-order valence-corrected chi connectivity index (χ2v) is 5.53. The van der Waals surface area contributed by atoms with E-state index in [0.29, 0.717) is 22.2 Å². The maximum absolute atomic E-state index is 14.2. The van der Waals surface area contributed by atoms with Gasteiger partial charge >= 0.3 is 0 Å². The van der Waals surface area contributed by atoms with Crippen molar-refractivity contribution in [1.29, 1.82) is 0 Å². The van der Waals surface area contributed by atoms with Crippen LogP contribution in [0.2, 0.25) is 10.0 Å². The predicted molar refractivity (Wildman–Crippen MR) is 83.1 cm³/mol. The van der Waals surface area contributed by atoms with Gasteiger partial charge in [-0.1, -0.05) is 48.3 Å². The first kappa shape index (κ1) is 15.3. The first-order chi connectivity index (χ1) is 9.52. The number of nitrogens with one attached hydrogen (secondary N) is 1. The third-order valence-corrected chi connectivity index (χ3v) is 3.71. The van der Waals surface area contributed by atoms with Crippen molar-refractivity contribution in [1.82, 2.24) is 5.32 Å². The lowest BCUT2D eigenvalue weighted by atomic mass is 9.97. The molecule has 0 amide bonds. The number of aryl methyl sites for hydroxylation is 1. The lowest BCUT2D eigenvalue weighted by molar-refractivity contribution is 0.559. The van der Waals surface area contributed by atoms with Crippen molar-refractivity contribution in [3.8, 4) is 0 Å². The summed E-state index contributed by atoms with van der Waals surface area (Å²) in [5.41, 5.74) is 2.48. The van der Waals surface area contributed by atoms with Gasteiger partial charge in [0.25, 0.3) is 0 Å². The molecule has 20 heavy (non-hydrogen) atoms. The molecule has 0 aliphatic rings. The van der Waals surface area contributed by atoms with E-state index in [9.17, 15) is 4.39 Å². The average Bonchev–Trinajstić information content (AvgIpc) is 2.37. The van der Waals surface area contributed by atoms with Crippen LogP contribution in [0.25, 0.3) is 0 Å². The van der Waals surface area contributed by atoms with Gasteiger partial charge in [0.05, 0.1) is 6.04 Å². The van der Waals surface area contributed by atoms with Crippen LogP contribution >= 0.6 is 23.2 Å². The standard InChI is InChI=1S/C16H16Cl2FN/c1-3-20-16(12-6-4-10(2)8-14(12)18)13-7-5-11(17)9-15(13)19/h4-9,16,20H,3H2,1-2H3. The Morgan fingerprint density at radius 1 is 1.10 bits per heavy atom. The molecule has 0 bridgehead atoms. The molecule has 2 aromatic carbocycles. The summed E-state index contributed by atoms with van der Waals surface area (Å²) in [6.07, 6.45) is 0. The monoisotopic (exact) mass is 311 g/mol. The highest BCUT2D eigenvalue weighted by atomic mass is 35.5. The number of halogens is 3. The van der Waals surface area contributed by atoms with Gasteiger partial charge in [-0.15, -0.1) is 0 Å². The van der Waals surface area contributed by atoms with E-state index in [1.165, 1.54) is 6.07 Å². The highest BCUT2D eigenvalue weighted by Crippen LogP contribution is 2.31. The molecule has 0 heterocycles. The maximum Gasteiger partial charge on any atom is 0.129 e. The van der Waals surface area contributed by atoms with E-state index in [-0.39, 0.29) is 11.9 Å². The van der Waals surface area contributed by atoms with Gasteiger partial charge in [-0.3, -0.25) is 0 Å². The molecule has 0 spiro atoms. The minimum atomic E-state index is -0.333. The fraction of sp³-hybridized carbons (Fsp3) is 0.250. The van der Waals surface area contributed by atoms with E-state index in [4.69, 9.17) is 23.2 Å². The molecule has 0 fully saturated rings. The first-order valence-corrected chi connectivity index (χ1v) is 7.23. The van der Waals surface area contributed by atoms with Crippen LogP contribution in [-0.2, 0) is 0 Å². The molecular formula is C16H16Cl2FN. The van der Waals surface area contributed by atoms with E-state index < -0.39 is 0 Å². The summed E-state index contributed by atoms with van der Waals surface area (Å²) in [6, 6.07) is 10.2. The Bertz CT molecular complexity index is 562. The molecule has 106 valence electrons. The molecule has 0 aliphatic heterocycles. The summed E-state index contributed by atoms with van der Waals surface area (Å²) < 4.78 is 14.2. The molecule has 2 aromatic rings. The molecule has 0 saturated heterocycles. The topological polar surface area (TPSA) is 12.0 Å². The lowest BCUT2D eigenvalue weighted by Gasteiger charge is -2.21. The second kappa shape index (κ2) is 6.57. The molecule has 1 N–H and O–H groups in total. The Morgan fingerprint density at radius 2 is 1.80 bits per heavy atom. The van der Waals surface area contributed by atoms with Gasteiger partial charge in [-0.2, -0.15) is 0 Å². The predicted octanol–water partition coefficient (Wildman–Crippen LogP) is 5.14. The Labute approximate surface area is 128 Å². The average molecular weight is 312 g/mol. The number of hydrogen-bond acceptors (Lipinski definition) is 1. The number of benzene rings is 2. The van der Waals surface area contributed by atoms with Gasteiger partial charge < -0.3 is 5.32 Å². The first-order valence-electron chi connectivity index (χ1n) is 6.47. The van der Waals surface area contributed by atoms with E-state index in [2.05, 4.69) is 5.32 Å². The van der Waals surface area contributed by atoms with E-state index >= 15 is 0 Å². The largest absolute Gasteiger partial charge is 0.306 e. The van der Waals surface area contributed by atoms with Crippen LogP contribution in [0.3, 0.4) is 0 Å². The van der Waals surface area contributed by atoms with Gasteiger partial charge in [0.15, 0.2) is 0 Å². The molecule has 2 rings (SSSR count). The van der Waals surface area contributed by atoms with E-state index in [0.717, 1.165) is 11.1 Å². The minimum absolute atomic E-state index is 0.287. The maximum atomic E-state index is 14.2. The minimum Gasteiger partial charge on any atom is -0.306 e. The highest BCUT2D eigenvalue weighted by Gasteiger charge is 2.19. The molecule has 4 heteroatoms. The zero-order chi connectivity index (χ0) is 14.7. The lowest BCUT2D eigenvalue weighted by Crippen LogP contribution is -2.23. The number of hydrogen-bond donors (Lipinski definition) is 1. The number of rotatable bonds is 4. The van der Waals surface area contributed by atoms with Crippen LogP contribution in [0.4, 0.5) is 4.39 Å². The zero-order valence-electron chi connectivity index (χ0n) is 11.4. The van der Waals surface area contributed by atoms with Gasteiger partial charge in [-0.05, 0) is 42.8 Å². The summed E-state index contributed by atoms with van der Waals surface area (Å²) in [6.45, 7) is 4.65. The van der Waals surface area contributed by atoms with Gasteiger partial charge in [0, 0.05) is 15.6 Å². The normalized spacial score (nSPS) is 12.4. The molecule has 1 nitrogen and oxygen atoms in total. The van der Waals surface area contributed by atoms with Crippen molar-refractivity contribution in [2.45, 2.75) is 19.9 Å². The molecule has 0 aliphatic carbocycles. The van der Waals surface area contributed by atoms with Crippen LogP contribution < -0.4 is 5.32 Å². The van der Waals surface area contributed by atoms with Crippen molar-refractivity contribution in [2.75, 3.05) is 6.54 Å². The molecule has 0 radical (unpaired) electrons. The van der Waals surface area contributed by atoms with Crippen LogP contribution in [0.15, 0.2) is 36.4 Å². The highest BCUT2D eigenvalue weighted by molar-refractivity contribution is 6.31. The van der Waals surface area contributed by atoms with Gasteiger partial charge in [0.2, 0.25) is 0 Å². The SMILES string of the molecule is CCNC(c1ccc(Cl)cc1F)c1ccc(C)cc1Cl. The molecule has 1 atom stereocenters.